The van der Waals surface area contributed by atoms with Crippen LogP contribution in [0.5, 0.6) is 0 Å². The molecule has 2 aromatic carbocycles. The van der Waals surface area contributed by atoms with Gasteiger partial charge in [0.2, 0.25) is 9.84 Å². The van der Waals surface area contributed by atoms with Crippen molar-refractivity contribution in [2.45, 2.75) is 11.8 Å². The first-order chi connectivity index (χ1) is 10.8. The number of anilines is 1. The average Bonchev–Trinajstić information content (AvgIpc) is 2.49. The first kappa shape index (κ1) is 17.2. The molecule has 0 fully saturated rings. The monoisotopic (exact) mass is 353 g/mol. The number of carbonyl (C=O) groups excluding carboxylic acids is 1. The van der Waals surface area contributed by atoms with Crippen LogP contribution in [0.2, 0.25) is 5.02 Å². The van der Waals surface area contributed by atoms with Crippen LogP contribution in [0.3, 0.4) is 0 Å². The molecule has 0 saturated carbocycles. The fourth-order valence-electron chi connectivity index (χ4n) is 1.80. The standard InChI is InChI=1S/C16H13ClFNO3S/c1-11(20)16(10-19-14-6-4-13(18)5-7-14)23(21,22)15-8-2-12(17)3-9-15/h2-10,19H,1H3/b16-10+. The molecule has 7 heteroatoms. The molecule has 0 unspecified atom stereocenters. The van der Waals surface area contributed by atoms with Gasteiger partial charge in [-0.15, -0.1) is 0 Å². The van der Waals surface area contributed by atoms with Crippen LogP contribution < -0.4 is 5.32 Å². The average molecular weight is 354 g/mol. The van der Waals surface area contributed by atoms with Crippen molar-refractivity contribution in [1.82, 2.24) is 0 Å². The van der Waals surface area contributed by atoms with Crippen LogP contribution in [0.4, 0.5) is 10.1 Å². The highest BCUT2D eigenvalue weighted by atomic mass is 35.5. The summed E-state index contributed by atoms with van der Waals surface area (Å²) in [6.07, 6.45) is 1.10. The van der Waals surface area contributed by atoms with Crippen molar-refractivity contribution in [2.75, 3.05) is 5.32 Å². The van der Waals surface area contributed by atoms with Gasteiger partial charge in [-0.1, -0.05) is 11.6 Å². The molecule has 0 aliphatic rings. The maximum Gasteiger partial charge on any atom is 0.211 e. The third-order valence-corrected chi connectivity index (χ3v) is 5.10. The Morgan fingerprint density at radius 3 is 2.17 bits per heavy atom. The largest absolute Gasteiger partial charge is 0.360 e. The molecule has 23 heavy (non-hydrogen) atoms. The van der Waals surface area contributed by atoms with Crippen LogP contribution in [0.15, 0.2) is 64.5 Å². The van der Waals surface area contributed by atoms with Gasteiger partial charge in [-0.3, -0.25) is 4.79 Å². The number of hydrogen-bond donors (Lipinski definition) is 1. The van der Waals surface area contributed by atoms with Gasteiger partial charge in [-0.2, -0.15) is 0 Å². The molecular weight excluding hydrogens is 341 g/mol. The van der Waals surface area contributed by atoms with E-state index in [1.165, 1.54) is 48.5 Å². The van der Waals surface area contributed by atoms with E-state index in [-0.39, 0.29) is 4.90 Å². The SMILES string of the molecule is CC(=O)/C(=C\Nc1ccc(F)cc1)S(=O)(=O)c1ccc(Cl)cc1. The molecule has 0 aromatic heterocycles. The van der Waals surface area contributed by atoms with E-state index in [2.05, 4.69) is 5.32 Å². The lowest BCUT2D eigenvalue weighted by Crippen LogP contribution is -2.13. The van der Waals surface area contributed by atoms with Crippen molar-refractivity contribution in [3.63, 3.8) is 0 Å². The van der Waals surface area contributed by atoms with E-state index in [9.17, 15) is 17.6 Å². The summed E-state index contributed by atoms with van der Waals surface area (Å²) in [6.45, 7) is 1.16. The number of ketones is 1. The van der Waals surface area contributed by atoms with Crippen LogP contribution in [-0.2, 0) is 14.6 Å². The van der Waals surface area contributed by atoms with Gasteiger partial charge < -0.3 is 5.32 Å². The minimum atomic E-state index is -3.98. The minimum Gasteiger partial charge on any atom is -0.360 e. The predicted molar refractivity (Wildman–Crippen MR) is 87.4 cm³/mol. The van der Waals surface area contributed by atoms with Gasteiger partial charge in [0, 0.05) is 16.9 Å². The molecule has 0 bridgehead atoms. The van der Waals surface area contributed by atoms with Crippen molar-refractivity contribution in [2.24, 2.45) is 0 Å². The number of sulfone groups is 1. The zero-order valence-corrected chi connectivity index (χ0v) is 13.7. The van der Waals surface area contributed by atoms with Crippen molar-refractivity contribution in [3.05, 3.63) is 70.5 Å². The van der Waals surface area contributed by atoms with Crippen LogP contribution in [0, 0.1) is 5.82 Å². The molecule has 120 valence electrons. The molecule has 0 aliphatic carbocycles. The summed E-state index contributed by atoms with van der Waals surface area (Å²) < 4.78 is 37.9. The van der Waals surface area contributed by atoms with Gasteiger partial charge in [0.15, 0.2) is 5.78 Å². The number of halogens is 2. The number of nitrogens with one attached hydrogen (secondary N) is 1. The molecule has 0 heterocycles. The van der Waals surface area contributed by atoms with E-state index in [0.717, 1.165) is 13.1 Å². The van der Waals surface area contributed by atoms with E-state index < -0.39 is 26.3 Å². The fraction of sp³-hybridized carbons (Fsp3) is 0.0625. The molecule has 0 amide bonds. The summed E-state index contributed by atoms with van der Waals surface area (Å²) >= 11 is 5.74. The van der Waals surface area contributed by atoms with Crippen molar-refractivity contribution < 1.29 is 17.6 Å². The highest BCUT2D eigenvalue weighted by Gasteiger charge is 2.24. The molecule has 0 spiro atoms. The van der Waals surface area contributed by atoms with Gasteiger partial charge in [0.05, 0.1) is 4.90 Å². The van der Waals surface area contributed by atoms with Gasteiger partial charge in [-0.25, -0.2) is 12.8 Å². The van der Waals surface area contributed by atoms with Gasteiger partial charge in [0.1, 0.15) is 10.7 Å². The first-order valence-corrected chi connectivity index (χ1v) is 8.40. The van der Waals surface area contributed by atoms with Crippen molar-refractivity contribution >= 4 is 32.9 Å². The molecule has 0 aliphatic heterocycles. The number of carbonyl (C=O) groups is 1. The third kappa shape index (κ3) is 4.18. The Hall–Kier alpha value is -2.18. The number of allylic oxidation sites excluding steroid dienone is 1. The van der Waals surface area contributed by atoms with Crippen molar-refractivity contribution in [1.29, 1.82) is 0 Å². The Labute approximate surface area is 138 Å². The second kappa shape index (κ2) is 6.93. The summed E-state index contributed by atoms with van der Waals surface area (Å²) in [5, 5.41) is 3.08. The van der Waals surface area contributed by atoms with Gasteiger partial charge in [-0.05, 0) is 55.5 Å². The highest BCUT2D eigenvalue weighted by Crippen LogP contribution is 2.22. The maximum absolute atomic E-state index is 12.9. The third-order valence-electron chi connectivity index (χ3n) is 2.97. The molecule has 2 aromatic rings. The normalized spacial score (nSPS) is 12.0. The summed E-state index contributed by atoms with van der Waals surface area (Å²) in [5.74, 6) is -1.03. The van der Waals surface area contributed by atoms with E-state index >= 15 is 0 Å². The lowest BCUT2D eigenvalue weighted by Gasteiger charge is -2.08. The number of hydrogen-bond acceptors (Lipinski definition) is 4. The Kier molecular flexibility index (Phi) is 5.18. The second-order valence-electron chi connectivity index (χ2n) is 4.67. The molecular formula is C16H13ClFNO3S. The van der Waals surface area contributed by atoms with E-state index in [1.54, 1.807) is 0 Å². The van der Waals surface area contributed by atoms with Gasteiger partial charge in [0.25, 0.3) is 0 Å². The molecule has 4 nitrogen and oxygen atoms in total. The van der Waals surface area contributed by atoms with E-state index in [1.807, 2.05) is 0 Å². The fourth-order valence-corrected chi connectivity index (χ4v) is 3.27. The molecule has 1 N–H and O–H groups in total. The van der Waals surface area contributed by atoms with Crippen LogP contribution in [-0.4, -0.2) is 14.2 Å². The molecule has 0 atom stereocenters. The summed E-state index contributed by atoms with van der Waals surface area (Å²) in [6, 6.07) is 10.8. The minimum absolute atomic E-state index is 0.0377. The zero-order valence-electron chi connectivity index (χ0n) is 12.1. The number of rotatable bonds is 5. The van der Waals surface area contributed by atoms with Crippen LogP contribution >= 0.6 is 11.6 Å². The predicted octanol–water partition coefficient (Wildman–Crippen LogP) is 3.80. The van der Waals surface area contributed by atoms with E-state index in [0.29, 0.717) is 10.7 Å². The van der Waals surface area contributed by atoms with Gasteiger partial charge >= 0.3 is 0 Å². The summed E-state index contributed by atoms with van der Waals surface area (Å²) in [4.78, 5) is 11.3. The summed E-state index contributed by atoms with van der Waals surface area (Å²) in [7, 11) is -3.98. The number of Topliss-reactive ketones (excluding diaryl/α,β-unsaturated/α-hetero) is 1. The van der Waals surface area contributed by atoms with E-state index in [4.69, 9.17) is 11.6 Å². The second-order valence-corrected chi connectivity index (χ2v) is 7.03. The smallest absolute Gasteiger partial charge is 0.211 e. The summed E-state index contributed by atoms with van der Waals surface area (Å²) in [5.41, 5.74) is 0.455. The molecule has 0 radical (unpaired) electrons. The Morgan fingerprint density at radius 1 is 1.09 bits per heavy atom. The Bertz CT molecular complexity index is 844. The zero-order chi connectivity index (χ0) is 17.0. The van der Waals surface area contributed by atoms with Crippen LogP contribution in [0.25, 0.3) is 0 Å². The molecule has 2 rings (SSSR count). The first-order valence-electron chi connectivity index (χ1n) is 6.54. The Balaban J connectivity index is 2.37. The Morgan fingerprint density at radius 2 is 1.65 bits per heavy atom. The molecule has 0 saturated heterocycles. The quantitative estimate of drug-likeness (QED) is 0.830. The van der Waals surface area contributed by atoms with Crippen molar-refractivity contribution in [3.8, 4) is 0 Å². The highest BCUT2D eigenvalue weighted by molar-refractivity contribution is 7.96. The lowest BCUT2D eigenvalue weighted by atomic mass is 10.3. The van der Waals surface area contributed by atoms with Crippen LogP contribution in [0.1, 0.15) is 6.92 Å². The topological polar surface area (TPSA) is 63.2 Å². The lowest BCUT2D eigenvalue weighted by molar-refractivity contribution is -0.113. The maximum atomic E-state index is 12.9. The number of benzene rings is 2.